The number of benzene rings is 2. The van der Waals surface area contributed by atoms with E-state index in [4.69, 9.17) is 9.47 Å². The number of nitrogens with one attached hydrogen (secondary N) is 1. The van der Waals surface area contributed by atoms with Gasteiger partial charge in [0, 0.05) is 6.08 Å². The van der Waals surface area contributed by atoms with Gasteiger partial charge in [-0.1, -0.05) is 55.1 Å². The molecule has 5 nitrogen and oxygen atoms in total. The number of hydrogen-bond donors (Lipinski definition) is 1. The monoisotopic (exact) mass is 363 g/mol. The molecule has 0 fully saturated rings. The molecule has 0 unspecified atom stereocenters. The molecule has 0 aliphatic carbocycles. The van der Waals surface area contributed by atoms with Crippen LogP contribution >= 0.6 is 0 Å². The highest BCUT2D eigenvalue weighted by molar-refractivity contribution is 6.02. The SMILES string of the molecule is C=CCOC(=O)C(=Cc1ccc(OC)cc1)NC(=O)C=Cc1ccccc1. The number of ether oxygens (including phenoxy) is 2. The van der Waals surface area contributed by atoms with Crippen LogP contribution in [-0.4, -0.2) is 25.6 Å². The van der Waals surface area contributed by atoms with E-state index in [1.807, 2.05) is 30.3 Å². The number of esters is 1. The molecular formula is C22H21NO4. The summed E-state index contributed by atoms with van der Waals surface area (Å²) in [5, 5.41) is 2.57. The van der Waals surface area contributed by atoms with Crippen LogP contribution in [-0.2, 0) is 14.3 Å². The Labute approximate surface area is 158 Å². The molecule has 1 amide bonds. The van der Waals surface area contributed by atoms with E-state index in [1.54, 1.807) is 43.5 Å². The molecule has 0 aromatic heterocycles. The number of methoxy groups -OCH3 is 1. The third-order valence-electron chi connectivity index (χ3n) is 3.46. The highest BCUT2D eigenvalue weighted by Gasteiger charge is 2.13. The van der Waals surface area contributed by atoms with Crippen LogP contribution in [0, 0.1) is 0 Å². The van der Waals surface area contributed by atoms with Crippen LogP contribution in [0.5, 0.6) is 5.75 Å². The zero-order valence-corrected chi connectivity index (χ0v) is 15.1. The molecule has 1 N–H and O–H groups in total. The normalized spacial score (nSPS) is 11.1. The Bertz CT molecular complexity index is 836. The van der Waals surface area contributed by atoms with Gasteiger partial charge >= 0.3 is 5.97 Å². The number of hydrogen-bond acceptors (Lipinski definition) is 4. The molecule has 0 bridgehead atoms. The van der Waals surface area contributed by atoms with Gasteiger partial charge in [-0.15, -0.1) is 0 Å². The fraction of sp³-hybridized carbons (Fsp3) is 0.0909. The van der Waals surface area contributed by atoms with E-state index in [1.165, 1.54) is 12.2 Å². The molecule has 0 heterocycles. The molecule has 0 atom stereocenters. The Morgan fingerprint density at radius 3 is 2.37 bits per heavy atom. The molecule has 0 spiro atoms. The lowest BCUT2D eigenvalue weighted by Crippen LogP contribution is -2.27. The van der Waals surface area contributed by atoms with Gasteiger partial charge < -0.3 is 14.8 Å². The highest BCUT2D eigenvalue weighted by atomic mass is 16.5. The topological polar surface area (TPSA) is 64.6 Å². The van der Waals surface area contributed by atoms with Gasteiger partial charge in [0.2, 0.25) is 5.91 Å². The molecule has 27 heavy (non-hydrogen) atoms. The minimum Gasteiger partial charge on any atom is -0.497 e. The first-order valence-corrected chi connectivity index (χ1v) is 8.30. The molecule has 2 aromatic carbocycles. The molecule has 0 aliphatic rings. The lowest BCUT2D eigenvalue weighted by Gasteiger charge is -2.08. The first-order chi connectivity index (χ1) is 13.1. The summed E-state index contributed by atoms with van der Waals surface area (Å²) >= 11 is 0. The number of rotatable bonds is 8. The van der Waals surface area contributed by atoms with E-state index < -0.39 is 11.9 Å². The van der Waals surface area contributed by atoms with Crippen molar-refractivity contribution in [2.45, 2.75) is 0 Å². The van der Waals surface area contributed by atoms with E-state index in [2.05, 4.69) is 11.9 Å². The summed E-state index contributed by atoms with van der Waals surface area (Å²) in [6.45, 7) is 3.56. The Morgan fingerprint density at radius 1 is 1.04 bits per heavy atom. The van der Waals surface area contributed by atoms with Crippen molar-refractivity contribution in [3.63, 3.8) is 0 Å². The molecule has 138 valence electrons. The maximum atomic E-state index is 12.2. The molecule has 0 saturated carbocycles. The number of carbonyl (C=O) groups excluding carboxylic acids is 2. The zero-order valence-electron chi connectivity index (χ0n) is 15.1. The van der Waals surface area contributed by atoms with Gasteiger partial charge in [-0.25, -0.2) is 4.79 Å². The fourth-order valence-electron chi connectivity index (χ4n) is 2.14. The standard InChI is InChI=1S/C22H21NO4/c1-3-15-27-22(25)20(16-18-9-12-19(26-2)13-10-18)23-21(24)14-11-17-7-5-4-6-8-17/h3-14,16H,1,15H2,2H3,(H,23,24). The van der Waals surface area contributed by atoms with Crippen molar-refractivity contribution in [1.29, 1.82) is 0 Å². The van der Waals surface area contributed by atoms with Crippen LogP contribution in [0.4, 0.5) is 0 Å². The van der Waals surface area contributed by atoms with Gasteiger partial charge in [0.15, 0.2) is 0 Å². The third kappa shape index (κ3) is 6.66. The van der Waals surface area contributed by atoms with Crippen molar-refractivity contribution in [2.24, 2.45) is 0 Å². The molecule has 2 aromatic rings. The van der Waals surface area contributed by atoms with Gasteiger partial charge in [0.05, 0.1) is 7.11 Å². The summed E-state index contributed by atoms with van der Waals surface area (Å²) in [5.41, 5.74) is 1.63. The Hall–Kier alpha value is -3.60. The van der Waals surface area contributed by atoms with Crippen molar-refractivity contribution in [3.8, 4) is 5.75 Å². The van der Waals surface area contributed by atoms with Crippen molar-refractivity contribution in [3.05, 3.63) is 90.2 Å². The van der Waals surface area contributed by atoms with Gasteiger partial charge in [-0.3, -0.25) is 4.79 Å². The summed E-state index contributed by atoms with van der Waals surface area (Å²) in [6, 6.07) is 16.4. The summed E-state index contributed by atoms with van der Waals surface area (Å²) in [5.74, 6) is -0.390. The molecule has 0 aliphatic heterocycles. The molecule has 2 rings (SSSR count). The molecule has 5 heteroatoms. The zero-order chi connectivity index (χ0) is 19.5. The van der Waals surface area contributed by atoms with Crippen LogP contribution in [0.25, 0.3) is 12.2 Å². The van der Waals surface area contributed by atoms with E-state index >= 15 is 0 Å². The second-order valence-electron chi connectivity index (χ2n) is 5.45. The second kappa shape index (κ2) is 10.4. The second-order valence-corrected chi connectivity index (χ2v) is 5.45. The van der Waals surface area contributed by atoms with E-state index in [9.17, 15) is 9.59 Å². The van der Waals surface area contributed by atoms with Crippen molar-refractivity contribution >= 4 is 24.0 Å². The Morgan fingerprint density at radius 2 is 1.74 bits per heavy atom. The van der Waals surface area contributed by atoms with Gasteiger partial charge in [-0.05, 0) is 35.4 Å². The summed E-state index contributed by atoms with van der Waals surface area (Å²) < 4.78 is 10.2. The summed E-state index contributed by atoms with van der Waals surface area (Å²) in [7, 11) is 1.57. The van der Waals surface area contributed by atoms with Crippen molar-refractivity contribution < 1.29 is 19.1 Å². The summed E-state index contributed by atoms with van der Waals surface area (Å²) in [6.07, 6.45) is 6.02. The van der Waals surface area contributed by atoms with Gasteiger partial charge in [0.1, 0.15) is 18.1 Å². The van der Waals surface area contributed by atoms with E-state index in [0.717, 1.165) is 5.56 Å². The Balaban J connectivity index is 2.16. The average Bonchev–Trinajstić information content (AvgIpc) is 2.71. The smallest absolute Gasteiger partial charge is 0.355 e. The van der Waals surface area contributed by atoms with Crippen LogP contribution in [0.3, 0.4) is 0 Å². The van der Waals surface area contributed by atoms with E-state index in [0.29, 0.717) is 11.3 Å². The molecule has 0 saturated heterocycles. The lowest BCUT2D eigenvalue weighted by atomic mass is 10.2. The number of carbonyl (C=O) groups is 2. The van der Waals surface area contributed by atoms with E-state index in [-0.39, 0.29) is 12.3 Å². The minimum atomic E-state index is -0.646. The predicted molar refractivity (Wildman–Crippen MR) is 106 cm³/mol. The maximum absolute atomic E-state index is 12.2. The largest absolute Gasteiger partial charge is 0.497 e. The first kappa shape index (κ1) is 19.7. The van der Waals surface area contributed by atoms with Crippen LogP contribution in [0.1, 0.15) is 11.1 Å². The van der Waals surface area contributed by atoms with Crippen LogP contribution < -0.4 is 10.1 Å². The minimum absolute atomic E-state index is 0.0322. The molecular weight excluding hydrogens is 342 g/mol. The predicted octanol–water partition coefficient (Wildman–Crippen LogP) is 3.59. The van der Waals surface area contributed by atoms with Crippen LogP contribution in [0.15, 0.2) is 79.0 Å². The van der Waals surface area contributed by atoms with Gasteiger partial charge in [-0.2, -0.15) is 0 Å². The molecule has 0 radical (unpaired) electrons. The maximum Gasteiger partial charge on any atom is 0.355 e. The quantitative estimate of drug-likeness (QED) is 0.442. The number of amides is 1. The highest BCUT2D eigenvalue weighted by Crippen LogP contribution is 2.14. The first-order valence-electron chi connectivity index (χ1n) is 8.30. The summed E-state index contributed by atoms with van der Waals surface area (Å²) in [4.78, 5) is 24.4. The van der Waals surface area contributed by atoms with Crippen LogP contribution in [0.2, 0.25) is 0 Å². The average molecular weight is 363 g/mol. The van der Waals surface area contributed by atoms with Crippen molar-refractivity contribution in [1.82, 2.24) is 5.32 Å². The Kier molecular flexibility index (Phi) is 7.60. The van der Waals surface area contributed by atoms with Gasteiger partial charge in [0.25, 0.3) is 0 Å². The van der Waals surface area contributed by atoms with Crippen molar-refractivity contribution in [2.75, 3.05) is 13.7 Å². The third-order valence-corrected chi connectivity index (χ3v) is 3.46. The fourth-order valence-corrected chi connectivity index (χ4v) is 2.14. The lowest BCUT2D eigenvalue weighted by molar-refractivity contribution is -0.139.